The average molecular weight is 923 g/mol. The first-order valence-corrected chi connectivity index (χ1v) is 30.0. The summed E-state index contributed by atoms with van der Waals surface area (Å²) in [5.41, 5.74) is 3.55. The van der Waals surface area contributed by atoms with Gasteiger partial charge < -0.3 is 28.2 Å². The Labute approximate surface area is 397 Å². The SMILES string of the molecule is COc1ccc(CO[C@H]([C@@H](C)[C@H](O[Si](C)(C)C(C)(C)C)C(C)C/C=C\[C@H](C)[C@@H](O[Si](C)(C)C(C)(C)C)[C@H](C)COC(c2ccccc2)(c2ccccc2)c2ccccc2)[C@@H](C)CO)cc1. The van der Waals surface area contributed by atoms with Crippen LogP contribution in [0.5, 0.6) is 5.75 Å². The van der Waals surface area contributed by atoms with Gasteiger partial charge in [0.25, 0.3) is 0 Å². The summed E-state index contributed by atoms with van der Waals surface area (Å²) in [4.78, 5) is 0. The van der Waals surface area contributed by atoms with Gasteiger partial charge in [-0.05, 0) is 88.9 Å². The number of hydrogen-bond acceptors (Lipinski definition) is 6. The Kier molecular flexibility index (Phi) is 19.7. The van der Waals surface area contributed by atoms with Crippen molar-refractivity contribution in [1.82, 2.24) is 0 Å². The number of methoxy groups -OCH3 is 1. The highest BCUT2D eigenvalue weighted by Crippen LogP contribution is 2.44. The van der Waals surface area contributed by atoms with E-state index in [0.717, 1.165) is 34.4 Å². The van der Waals surface area contributed by atoms with Gasteiger partial charge in [0.05, 0.1) is 38.6 Å². The van der Waals surface area contributed by atoms with E-state index in [1.54, 1.807) is 7.11 Å². The first kappa shape index (κ1) is 54.3. The van der Waals surface area contributed by atoms with Gasteiger partial charge in [-0.25, -0.2) is 0 Å². The minimum atomic E-state index is -2.21. The van der Waals surface area contributed by atoms with Gasteiger partial charge in [-0.2, -0.15) is 0 Å². The topological polar surface area (TPSA) is 66.4 Å². The lowest BCUT2D eigenvalue weighted by Crippen LogP contribution is -2.50. The predicted molar refractivity (Wildman–Crippen MR) is 278 cm³/mol. The van der Waals surface area contributed by atoms with E-state index in [9.17, 15) is 5.11 Å². The van der Waals surface area contributed by atoms with Crippen LogP contribution in [0.2, 0.25) is 36.3 Å². The van der Waals surface area contributed by atoms with Gasteiger partial charge in [-0.3, -0.25) is 0 Å². The number of rotatable bonds is 24. The Morgan fingerprint density at radius 2 is 1.02 bits per heavy atom. The Morgan fingerprint density at radius 1 is 0.569 bits per heavy atom. The highest BCUT2D eigenvalue weighted by atomic mass is 28.4. The van der Waals surface area contributed by atoms with E-state index in [-0.39, 0.29) is 64.6 Å². The third-order valence-electron chi connectivity index (χ3n) is 14.7. The lowest BCUT2D eigenvalue weighted by atomic mass is 9.80. The van der Waals surface area contributed by atoms with Crippen LogP contribution >= 0.6 is 0 Å². The summed E-state index contributed by atoms with van der Waals surface area (Å²) in [6.45, 7) is 35.5. The van der Waals surface area contributed by atoms with Crippen LogP contribution in [-0.2, 0) is 30.5 Å². The molecule has 8 atom stereocenters. The van der Waals surface area contributed by atoms with Crippen molar-refractivity contribution >= 4 is 16.6 Å². The van der Waals surface area contributed by atoms with E-state index in [1.165, 1.54) is 0 Å². The molecule has 0 aliphatic heterocycles. The summed E-state index contributed by atoms with van der Waals surface area (Å²) in [6.07, 6.45) is 5.21. The molecule has 0 saturated heterocycles. The van der Waals surface area contributed by atoms with Gasteiger partial charge in [-0.1, -0.05) is 191 Å². The van der Waals surface area contributed by atoms with Crippen molar-refractivity contribution in [2.24, 2.45) is 29.6 Å². The molecule has 358 valence electrons. The molecule has 4 aromatic carbocycles. The van der Waals surface area contributed by atoms with Crippen LogP contribution in [0.25, 0.3) is 0 Å². The molecule has 0 saturated carbocycles. The third kappa shape index (κ3) is 14.1. The highest BCUT2D eigenvalue weighted by Gasteiger charge is 2.45. The molecule has 0 fully saturated rings. The molecule has 0 bridgehead atoms. The van der Waals surface area contributed by atoms with E-state index in [1.807, 2.05) is 24.3 Å². The number of aliphatic hydroxyl groups excluding tert-OH is 1. The molecule has 0 aromatic heterocycles. The largest absolute Gasteiger partial charge is 0.497 e. The van der Waals surface area contributed by atoms with Crippen molar-refractivity contribution in [3.8, 4) is 5.75 Å². The van der Waals surface area contributed by atoms with Gasteiger partial charge in [0.15, 0.2) is 16.6 Å². The molecular weight excluding hydrogens is 837 g/mol. The summed E-state index contributed by atoms with van der Waals surface area (Å²) in [5, 5.41) is 10.6. The highest BCUT2D eigenvalue weighted by molar-refractivity contribution is 6.74. The standard InChI is InChI=1S/C57H86O6Si2/c1-42(27-26-28-43(2)54(63-65(15,16)56(9,10)11)46(5)53(44(3)39-58)60-41-47-35-37-51(59-12)38-36-47)52(62-64(13,14)55(6,7)8)45(4)40-61-57(48-29-20-17-21-30-48,49-31-22-18-23-32-49)50-33-24-19-25-34-50/h17-27,29-38,42-46,52-54,58H,28,39-41H2,1-16H3/b27-26-/t42-,43?,44-,45+,46+,52+,53-,54+/m0/s1. The van der Waals surface area contributed by atoms with Crippen LogP contribution in [0.15, 0.2) is 127 Å². The van der Waals surface area contributed by atoms with Crippen LogP contribution in [0.4, 0.5) is 0 Å². The number of benzene rings is 4. The molecule has 6 nitrogen and oxygen atoms in total. The molecule has 65 heavy (non-hydrogen) atoms. The maximum atomic E-state index is 10.5. The monoisotopic (exact) mass is 923 g/mol. The smallest absolute Gasteiger partial charge is 0.192 e. The van der Waals surface area contributed by atoms with E-state index in [2.05, 4.69) is 205 Å². The maximum Gasteiger partial charge on any atom is 0.192 e. The number of aliphatic hydroxyl groups is 1. The summed E-state index contributed by atoms with van der Waals surface area (Å²) in [7, 11) is -2.73. The second-order valence-electron chi connectivity index (χ2n) is 21.9. The summed E-state index contributed by atoms with van der Waals surface area (Å²) >= 11 is 0. The van der Waals surface area contributed by atoms with Crippen LogP contribution in [-0.4, -0.2) is 60.4 Å². The molecular formula is C57H86O6Si2. The van der Waals surface area contributed by atoms with Crippen molar-refractivity contribution in [3.05, 3.63) is 150 Å². The van der Waals surface area contributed by atoms with E-state index in [4.69, 9.17) is 23.1 Å². The molecule has 4 aromatic rings. The maximum absolute atomic E-state index is 10.5. The Bertz CT molecular complexity index is 1890. The summed E-state index contributed by atoms with van der Waals surface area (Å²) < 4.78 is 34.4. The fraction of sp³-hybridized carbons (Fsp3) is 0.544. The van der Waals surface area contributed by atoms with Gasteiger partial charge in [0.1, 0.15) is 11.4 Å². The third-order valence-corrected chi connectivity index (χ3v) is 23.6. The fourth-order valence-corrected chi connectivity index (χ4v) is 11.4. The molecule has 0 radical (unpaired) electrons. The van der Waals surface area contributed by atoms with E-state index < -0.39 is 22.2 Å². The average Bonchev–Trinajstić information content (AvgIpc) is 3.27. The molecule has 1 unspecified atom stereocenters. The fourth-order valence-electron chi connectivity index (χ4n) is 8.43. The molecule has 1 N–H and O–H groups in total. The minimum Gasteiger partial charge on any atom is -0.497 e. The lowest BCUT2D eigenvalue weighted by Gasteiger charge is -2.45. The zero-order valence-electron chi connectivity index (χ0n) is 43.1. The van der Waals surface area contributed by atoms with Gasteiger partial charge >= 0.3 is 0 Å². The number of allylic oxidation sites excluding steroid dienone is 1. The molecule has 0 heterocycles. The van der Waals surface area contributed by atoms with Crippen molar-refractivity contribution in [2.75, 3.05) is 20.3 Å². The molecule has 0 aliphatic carbocycles. The van der Waals surface area contributed by atoms with Crippen molar-refractivity contribution in [1.29, 1.82) is 0 Å². The molecule has 0 spiro atoms. The molecule has 0 amide bonds. The van der Waals surface area contributed by atoms with E-state index in [0.29, 0.717) is 13.2 Å². The minimum absolute atomic E-state index is 0.0243. The summed E-state index contributed by atoms with van der Waals surface area (Å²) in [5.74, 6) is 1.13. The van der Waals surface area contributed by atoms with Gasteiger partial charge in [-0.15, -0.1) is 0 Å². The van der Waals surface area contributed by atoms with Crippen molar-refractivity contribution < 1.29 is 28.2 Å². The quantitative estimate of drug-likeness (QED) is 0.0429. The Morgan fingerprint density at radius 3 is 1.43 bits per heavy atom. The molecule has 8 heteroatoms. The molecule has 0 aliphatic rings. The van der Waals surface area contributed by atoms with Crippen molar-refractivity contribution in [3.63, 3.8) is 0 Å². The Hall–Kier alpha value is -3.35. The van der Waals surface area contributed by atoms with Crippen LogP contribution in [0, 0.1) is 29.6 Å². The van der Waals surface area contributed by atoms with Crippen LogP contribution in [0.3, 0.4) is 0 Å². The number of ether oxygens (including phenoxy) is 3. The first-order valence-electron chi connectivity index (χ1n) is 24.2. The van der Waals surface area contributed by atoms with Gasteiger partial charge in [0, 0.05) is 24.4 Å². The van der Waals surface area contributed by atoms with Crippen LogP contribution in [0.1, 0.15) is 105 Å². The zero-order chi connectivity index (χ0) is 48.2. The zero-order valence-corrected chi connectivity index (χ0v) is 45.1. The second-order valence-corrected chi connectivity index (χ2v) is 31.4. The number of hydrogen-bond donors (Lipinski definition) is 1. The van der Waals surface area contributed by atoms with E-state index >= 15 is 0 Å². The van der Waals surface area contributed by atoms with Crippen LogP contribution < -0.4 is 4.74 Å². The normalized spacial score (nSPS) is 16.9. The first-order chi connectivity index (χ1) is 30.5. The predicted octanol–water partition coefficient (Wildman–Crippen LogP) is 14.5. The Balaban J connectivity index is 1.66. The van der Waals surface area contributed by atoms with Gasteiger partial charge in [0.2, 0.25) is 0 Å². The van der Waals surface area contributed by atoms with Crippen molar-refractivity contribution in [2.45, 2.75) is 149 Å². The lowest BCUT2D eigenvalue weighted by molar-refractivity contribution is -0.0812. The second kappa shape index (κ2) is 23.6. The summed E-state index contributed by atoms with van der Waals surface area (Å²) in [6, 6.07) is 39.9. The molecule has 4 rings (SSSR count).